The van der Waals surface area contributed by atoms with Crippen molar-refractivity contribution >= 4 is 15.1 Å². The van der Waals surface area contributed by atoms with Crippen LogP contribution >= 0.6 is 0 Å². The van der Waals surface area contributed by atoms with E-state index in [9.17, 15) is 13.5 Å². The smallest absolute Gasteiger partial charge is 0.319 e. The second-order valence-corrected chi connectivity index (χ2v) is 4.96. The van der Waals surface area contributed by atoms with Crippen LogP contribution in [0.2, 0.25) is 0 Å². The van der Waals surface area contributed by atoms with Crippen molar-refractivity contribution in [3.05, 3.63) is 35.4 Å². The lowest BCUT2D eigenvalue weighted by Gasteiger charge is -2.04. The second-order valence-electron chi connectivity index (χ2n) is 3.28. The zero-order valence-electron chi connectivity index (χ0n) is 8.41. The van der Waals surface area contributed by atoms with Gasteiger partial charge in [0.1, 0.15) is 11.5 Å². The Morgan fingerprint density at radius 2 is 2.12 bits per heavy atom. The van der Waals surface area contributed by atoms with Crippen LogP contribution in [0.15, 0.2) is 40.4 Å². The van der Waals surface area contributed by atoms with Crippen molar-refractivity contribution in [3.63, 3.8) is 0 Å². The fourth-order valence-electron chi connectivity index (χ4n) is 1.24. The van der Waals surface area contributed by atoms with Crippen molar-refractivity contribution in [2.75, 3.05) is 0 Å². The molecule has 2 rings (SSSR count). The van der Waals surface area contributed by atoms with Crippen LogP contribution in [0.5, 0.6) is 11.5 Å². The predicted molar refractivity (Wildman–Crippen MR) is 58.8 cm³/mol. The van der Waals surface area contributed by atoms with Gasteiger partial charge in [-0.2, -0.15) is 0 Å². The molecule has 0 radical (unpaired) electrons. The van der Waals surface area contributed by atoms with Gasteiger partial charge in [0.15, 0.2) is 0 Å². The van der Waals surface area contributed by atoms with E-state index < -0.39 is 9.84 Å². The molecule has 1 aromatic carbocycles. The van der Waals surface area contributed by atoms with Crippen LogP contribution in [0.25, 0.3) is 0 Å². The van der Waals surface area contributed by atoms with Crippen LogP contribution in [-0.4, -0.2) is 18.8 Å². The molecule has 0 aliphatic carbocycles. The van der Waals surface area contributed by atoms with Gasteiger partial charge >= 0.3 is 5.23 Å². The monoisotopic (exact) mass is 239 g/mol. The normalized spacial score (nSPS) is 17.8. The van der Waals surface area contributed by atoms with Gasteiger partial charge in [0.25, 0.3) is 9.84 Å². The lowest BCUT2D eigenvalue weighted by molar-refractivity contribution is 0.469. The maximum atomic E-state index is 11.5. The summed E-state index contributed by atoms with van der Waals surface area (Å²) < 4.78 is 28.0. The van der Waals surface area contributed by atoms with E-state index in [2.05, 4.69) is 4.99 Å². The third-order valence-electron chi connectivity index (χ3n) is 1.86. The van der Waals surface area contributed by atoms with Crippen LogP contribution in [0.1, 0.15) is 6.92 Å². The van der Waals surface area contributed by atoms with Gasteiger partial charge in [-0.25, -0.2) is 13.4 Å². The highest BCUT2D eigenvalue weighted by molar-refractivity contribution is 8.08. The van der Waals surface area contributed by atoms with Gasteiger partial charge in [0.2, 0.25) is 0 Å². The van der Waals surface area contributed by atoms with Crippen LogP contribution < -0.4 is 4.74 Å². The molecule has 6 heteroatoms. The van der Waals surface area contributed by atoms with E-state index >= 15 is 0 Å². The highest BCUT2D eigenvalue weighted by Crippen LogP contribution is 2.21. The summed E-state index contributed by atoms with van der Waals surface area (Å²) in [4.78, 5) is 3.75. The van der Waals surface area contributed by atoms with E-state index in [1.54, 1.807) is 13.0 Å². The third kappa shape index (κ3) is 2.06. The summed E-state index contributed by atoms with van der Waals surface area (Å²) in [6.07, 6.45) is 0. The number of benzene rings is 1. The van der Waals surface area contributed by atoms with E-state index in [0.29, 0.717) is 5.70 Å². The van der Waals surface area contributed by atoms with E-state index in [-0.39, 0.29) is 16.7 Å². The number of phenols is 1. The van der Waals surface area contributed by atoms with Crippen LogP contribution in [-0.2, 0) is 9.84 Å². The molecule has 0 unspecified atom stereocenters. The lowest BCUT2D eigenvalue weighted by atomic mass is 10.3. The van der Waals surface area contributed by atoms with Crippen LogP contribution in [0.4, 0.5) is 0 Å². The van der Waals surface area contributed by atoms with Gasteiger partial charge in [0.05, 0.1) is 11.1 Å². The molecule has 0 fully saturated rings. The van der Waals surface area contributed by atoms with Crippen molar-refractivity contribution < 1.29 is 18.3 Å². The SMILES string of the molecule is CC1=CS(=O)(=O)C(Oc2cccc(O)c2)=N1. The summed E-state index contributed by atoms with van der Waals surface area (Å²) in [6.45, 7) is 1.57. The van der Waals surface area contributed by atoms with Gasteiger partial charge in [-0.3, -0.25) is 0 Å². The molecule has 1 aliphatic rings. The molecular weight excluding hydrogens is 230 g/mol. The summed E-state index contributed by atoms with van der Waals surface area (Å²) >= 11 is 0. The second kappa shape index (κ2) is 3.64. The molecule has 5 nitrogen and oxygen atoms in total. The first-order valence-corrected chi connectivity index (χ1v) is 6.01. The van der Waals surface area contributed by atoms with Crippen molar-refractivity contribution in [2.24, 2.45) is 4.99 Å². The number of ether oxygens (including phenoxy) is 1. The van der Waals surface area contributed by atoms with Gasteiger partial charge in [-0.15, -0.1) is 0 Å². The van der Waals surface area contributed by atoms with Gasteiger partial charge in [-0.1, -0.05) is 6.07 Å². The lowest BCUT2D eigenvalue weighted by Crippen LogP contribution is -2.15. The van der Waals surface area contributed by atoms with Crippen molar-refractivity contribution in [1.29, 1.82) is 0 Å². The van der Waals surface area contributed by atoms with E-state index in [1.165, 1.54) is 18.2 Å². The van der Waals surface area contributed by atoms with Crippen molar-refractivity contribution in [2.45, 2.75) is 6.92 Å². The van der Waals surface area contributed by atoms with Crippen molar-refractivity contribution in [3.8, 4) is 11.5 Å². The Kier molecular flexibility index (Phi) is 2.43. The molecule has 1 aromatic rings. The van der Waals surface area contributed by atoms with Gasteiger partial charge in [-0.05, 0) is 19.1 Å². The van der Waals surface area contributed by atoms with Gasteiger partial charge in [0, 0.05) is 6.07 Å². The van der Waals surface area contributed by atoms with Crippen LogP contribution in [0.3, 0.4) is 0 Å². The molecule has 1 aliphatic heterocycles. The fraction of sp³-hybridized carbons (Fsp3) is 0.100. The first-order chi connectivity index (χ1) is 7.47. The molecule has 1 heterocycles. The maximum Gasteiger partial charge on any atom is 0.319 e. The Labute approximate surface area is 92.6 Å². The Hall–Kier alpha value is -1.82. The number of rotatable bonds is 1. The molecule has 0 amide bonds. The average molecular weight is 239 g/mol. The minimum atomic E-state index is -3.56. The molecule has 0 atom stereocenters. The molecular formula is C10H9NO4S. The summed E-state index contributed by atoms with van der Waals surface area (Å²) in [5.41, 5.74) is 0.371. The molecule has 16 heavy (non-hydrogen) atoms. The molecule has 0 saturated heterocycles. The number of allylic oxidation sites excluding steroid dienone is 1. The quantitative estimate of drug-likeness (QED) is 0.804. The number of hydrogen-bond acceptors (Lipinski definition) is 5. The summed E-state index contributed by atoms with van der Waals surface area (Å²) in [6, 6.07) is 5.85. The fourth-order valence-corrected chi connectivity index (χ4v) is 2.32. The zero-order valence-corrected chi connectivity index (χ0v) is 9.23. The van der Waals surface area contributed by atoms with E-state index in [0.717, 1.165) is 5.41 Å². The summed E-state index contributed by atoms with van der Waals surface area (Å²) in [7, 11) is -3.56. The summed E-state index contributed by atoms with van der Waals surface area (Å²) in [5, 5.41) is 9.85. The number of phenolic OH excluding ortho intramolecular Hbond substituents is 1. The van der Waals surface area contributed by atoms with E-state index in [4.69, 9.17) is 4.74 Å². The Bertz CT molecular complexity index is 587. The van der Waals surface area contributed by atoms with Gasteiger partial charge < -0.3 is 9.84 Å². The standard InChI is InChI=1S/C10H9NO4S/c1-7-6-16(13,14)10(11-7)15-9-4-2-3-8(12)5-9/h2-6,12H,1H3. The highest BCUT2D eigenvalue weighted by Gasteiger charge is 2.25. The topological polar surface area (TPSA) is 76.0 Å². The first kappa shape index (κ1) is 10.7. The molecule has 0 saturated carbocycles. The first-order valence-electron chi connectivity index (χ1n) is 4.46. The number of aliphatic imine (C=N–C) groups is 1. The number of sulfone groups is 1. The predicted octanol–water partition coefficient (Wildman–Crippen LogP) is 1.42. The Balaban J connectivity index is 2.28. The number of aromatic hydroxyl groups is 1. The molecule has 0 spiro atoms. The minimum Gasteiger partial charge on any atom is -0.508 e. The zero-order chi connectivity index (χ0) is 11.8. The maximum absolute atomic E-state index is 11.5. The Morgan fingerprint density at radius 1 is 1.38 bits per heavy atom. The Morgan fingerprint density at radius 3 is 2.69 bits per heavy atom. The number of hydrogen-bond donors (Lipinski definition) is 1. The van der Waals surface area contributed by atoms with Crippen molar-refractivity contribution in [1.82, 2.24) is 0 Å². The molecule has 0 bridgehead atoms. The minimum absolute atomic E-state index is 0.00169. The average Bonchev–Trinajstić information content (AvgIpc) is 2.39. The largest absolute Gasteiger partial charge is 0.508 e. The molecule has 1 N–H and O–H groups in total. The van der Waals surface area contributed by atoms with Crippen LogP contribution in [0, 0.1) is 0 Å². The summed E-state index contributed by atoms with van der Waals surface area (Å²) in [5.74, 6) is 0.226. The van der Waals surface area contributed by atoms with E-state index in [1.807, 2.05) is 0 Å². The number of nitrogens with zero attached hydrogens (tertiary/aromatic N) is 1. The highest BCUT2D eigenvalue weighted by atomic mass is 32.2. The third-order valence-corrected chi connectivity index (χ3v) is 3.17. The molecule has 84 valence electrons. The molecule has 0 aromatic heterocycles.